The smallest absolute Gasteiger partial charge is 0.230 e. The molecule has 0 radical (unpaired) electrons. The van der Waals surface area contributed by atoms with Crippen LogP contribution in [0.15, 0.2) is 53.7 Å². The van der Waals surface area contributed by atoms with Gasteiger partial charge in [-0.2, -0.15) is 0 Å². The van der Waals surface area contributed by atoms with E-state index in [0.29, 0.717) is 48.8 Å². The summed E-state index contributed by atoms with van der Waals surface area (Å²) < 4.78 is 24.6. The maximum absolute atomic E-state index is 12.2. The molecule has 10 heteroatoms. The SMILES string of the molecule is CCOc1ccc(OCCNC(=O)CSc2nnc(C3COc4ccccc4O3)n2C)cc1. The molecule has 3 aromatic rings. The summed E-state index contributed by atoms with van der Waals surface area (Å²) in [5, 5.41) is 11.9. The first kappa shape index (κ1) is 22.8. The summed E-state index contributed by atoms with van der Waals surface area (Å²) in [7, 11) is 1.85. The summed E-state index contributed by atoms with van der Waals surface area (Å²) in [5.74, 6) is 3.69. The number of nitrogens with zero attached hydrogens (tertiary/aromatic N) is 3. The maximum Gasteiger partial charge on any atom is 0.230 e. The quantitative estimate of drug-likeness (QED) is 0.357. The number of aromatic nitrogens is 3. The van der Waals surface area contributed by atoms with Crippen molar-refractivity contribution in [1.82, 2.24) is 20.1 Å². The van der Waals surface area contributed by atoms with Crippen molar-refractivity contribution in [2.24, 2.45) is 7.05 Å². The van der Waals surface area contributed by atoms with Crippen LogP contribution in [-0.2, 0) is 11.8 Å². The summed E-state index contributed by atoms with van der Waals surface area (Å²) in [6.45, 7) is 3.69. The number of ether oxygens (including phenoxy) is 4. The van der Waals surface area contributed by atoms with Gasteiger partial charge in [-0.3, -0.25) is 4.79 Å². The number of para-hydroxylation sites is 2. The number of benzene rings is 2. The lowest BCUT2D eigenvalue weighted by Gasteiger charge is -2.25. The predicted octanol–water partition coefficient (Wildman–Crippen LogP) is 3.01. The first-order valence-electron chi connectivity index (χ1n) is 10.7. The molecule has 1 aromatic heterocycles. The van der Waals surface area contributed by atoms with Crippen LogP contribution < -0.4 is 24.3 Å². The van der Waals surface area contributed by atoms with Crippen LogP contribution in [0.1, 0.15) is 18.9 Å². The van der Waals surface area contributed by atoms with Crippen molar-refractivity contribution >= 4 is 17.7 Å². The van der Waals surface area contributed by atoms with Gasteiger partial charge in [0.15, 0.2) is 28.6 Å². The standard InChI is InChI=1S/C23H26N4O5S/c1-3-29-16-8-10-17(11-9-16)30-13-12-24-21(28)15-33-23-26-25-22(27(23)2)20-14-31-18-6-4-5-7-19(18)32-20/h4-11,20H,3,12-15H2,1-2H3,(H,24,28). The fourth-order valence-electron chi connectivity index (χ4n) is 3.22. The molecule has 0 saturated carbocycles. The zero-order valence-electron chi connectivity index (χ0n) is 18.5. The van der Waals surface area contributed by atoms with E-state index in [1.54, 1.807) is 0 Å². The van der Waals surface area contributed by atoms with Crippen LogP contribution in [0.2, 0.25) is 0 Å². The van der Waals surface area contributed by atoms with Gasteiger partial charge in [0, 0.05) is 7.05 Å². The van der Waals surface area contributed by atoms with Crippen LogP contribution in [0.4, 0.5) is 0 Å². The number of rotatable bonds is 10. The van der Waals surface area contributed by atoms with Gasteiger partial charge in [0.25, 0.3) is 0 Å². The van der Waals surface area contributed by atoms with Crippen LogP contribution in [0.5, 0.6) is 23.0 Å². The molecular weight excluding hydrogens is 444 g/mol. The summed E-state index contributed by atoms with van der Waals surface area (Å²) in [5.41, 5.74) is 0. The highest BCUT2D eigenvalue weighted by atomic mass is 32.2. The Morgan fingerprint density at radius 1 is 1.12 bits per heavy atom. The van der Waals surface area contributed by atoms with E-state index >= 15 is 0 Å². The molecule has 1 atom stereocenters. The van der Waals surface area contributed by atoms with Crippen LogP contribution in [-0.4, -0.2) is 52.8 Å². The Morgan fingerprint density at radius 3 is 2.61 bits per heavy atom. The molecule has 0 spiro atoms. The largest absolute Gasteiger partial charge is 0.494 e. The van der Waals surface area contributed by atoms with E-state index in [1.807, 2.05) is 67.1 Å². The molecule has 1 unspecified atom stereocenters. The third-order valence-corrected chi connectivity index (χ3v) is 5.85. The van der Waals surface area contributed by atoms with Gasteiger partial charge in [-0.15, -0.1) is 10.2 Å². The summed E-state index contributed by atoms with van der Waals surface area (Å²) in [6.07, 6.45) is -0.361. The van der Waals surface area contributed by atoms with Gasteiger partial charge in [-0.25, -0.2) is 0 Å². The first-order chi connectivity index (χ1) is 16.1. The Kier molecular flexibility index (Phi) is 7.56. The monoisotopic (exact) mass is 470 g/mol. The molecule has 0 saturated heterocycles. The Balaban J connectivity index is 1.20. The minimum absolute atomic E-state index is 0.106. The summed E-state index contributed by atoms with van der Waals surface area (Å²) in [6, 6.07) is 14.9. The number of thioether (sulfide) groups is 1. The molecule has 0 bridgehead atoms. The molecular formula is C23H26N4O5S. The van der Waals surface area contributed by atoms with E-state index < -0.39 is 0 Å². The normalized spacial score (nSPS) is 14.5. The Morgan fingerprint density at radius 2 is 1.85 bits per heavy atom. The number of carbonyl (C=O) groups excluding carboxylic acids is 1. The first-order valence-corrected chi connectivity index (χ1v) is 11.7. The molecule has 4 rings (SSSR count). The summed E-state index contributed by atoms with van der Waals surface area (Å²) >= 11 is 1.31. The lowest BCUT2D eigenvalue weighted by atomic mass is 10.2. The van der Waals surface area contributed by atoms with Gasteiger partial charge in [-0.1, -0.05) is 23.9 Å². The van der Waals surface area contributed by atoms with E-state index in [0.717, 1.165) is 11.5 Å². The summed E-state index contributed by atoms with van der Waals surface area (Å²) in [4.78, 5) is 12.2. The van der Waals surface area contributed by atoms with Crippen LogP contribution in [0.3, 0.4) is 0 Å². The number of nitrogens with one attached hydrogen (secondary N) is 1. The second-order valence-electron chi connectivity index (χ2n) is 7.16. The van der Waals surface area contributed by atoms with E-state index in [-0.39, 0.29) is 17.8 Å². The fourth-order valence-corrected chi connectivity index (χ4v) is 3.97. The molecule has 2 heterocycles. The van der Waals surface area contributed by atoms with Gasteiger partial charge in [0.05, 0.1) is 18.9 Å². The Bertz CT molecular complexity index is 1070. The molecule has 1 amide bonds. The van der Waals surface area contributed by atoms with E-state index in [9.17, 15) is 4.79 Å². The number of fused-ring (bicyclic) bond motifs is 1. The molecule has 2 aromatic carbocycles. The molecule has 1 aliphatic rings. The van der Waals surface area contributed by atoms with Crippen molar-refractivity contribution in [3.63, 3.8) is 0 Å². The van der Waals surface area contributed by atoms with Gasteiger partial charge in [0.2, 0.25) is 5.91 Å². The highest BCUT2D eigenvalue weighted by molar-refractivity contribution is 7.99. The van der Waals surface area contributed by atoms with Gasteiger partial charge < -0.3 is 28.8 Å². The minimum Gasteiger partial charge on any atom is -0.494 e. The average Bonchev–Trinajstić information content (AvgIpc) is 3.21. The van der Waals surface area contributed by atoms with E-state index in [4.69, 9.17) is 18.9 Å². The lowest BCUT2D eigenvalue weighted by Crippen LogP contribution is -2.29. The van der Waals surface area contributed by atoms with Crippen molar-refractivity contribution in [3.8, 4) is 23.0 Å². The van der Waals surface area contributed by atoms with Crippen LogP contribution in [0, 0.1) is 0 Å². The van der Waals surface area contributed by atoms with Gasteiger partial charge >= 0.3 is 0 Å². The Labute approximate surface area is 196 Å². The van der Waals surface area contributed by atoms with E-state index in [1.165, 1.54) is 11.8 Å². The third kappa shape index (κ3) is 5.89. The van der Waals surface area contributed by atoms with Crippen molar-refractivity contribution in [3.05, 3.63) is 54.4 Å². The molecule has 0 fully saturated rings. The topological polar surface area (TPSA) is 96.7 Å². The van der Waals surface area contributed by atoms with Crippen molar-refractivity contribution in [1.29, 1.82) is 0 Å². The fraction of sp³-hybridized carbons (Fsp3) is 0.348. The van der Waals surface area contributed by atoms with E-state index in [2.05, 4.69) is 15.5 Å². The average molecular weight is 471 g/mol. The second kappa shape index (κ2) is 11.0. The molecule has 1 N–H and O–H groups in total. The zero-order valence-corrected chi connectivity index (χ0v) is 19.3. The van der Waals surface area contributed by atoms with Crippen molar-refractivity contribution < 1.29 is 23.7 Å². The number of amides is 1. The Hall–Kier alpha value is -3.40. The minimum atomic E-state index is -0.361. The maximum atomic E-state index is 12.2. The third-order valence-electron chi connectivity index (χ3n) is 4.83. The molecule has 174 valence electrons. The predicted molar refractivity (Wildman–Crippen MR) is 123 cm³/mol. The number of carbonyl (C=O) groups is 1. The van der Waals surface area contributed by atoms with Crippen LogP contribution >= 0.6 is 11.8 Å². The second-order valence-corrected chi connectivity index (χ2v) is 8.10. The van der Waals surface area contributed by atoms with Crippen LogP contribution in [0.25, 0.3) is 0 Å². The van der Waals surface area contributed by atoms with Crippen molar-refractivity contribution in [2.45, 2.75) is 18.2 Å². The lowest BCUT2D eigenvalue weighted by molar-refractivity contribution is -0.118. The highest BCUT2D eigenvalue weighted by Gasteiger charge is 2.27. The highest BCUT2D eigenvalue weighted by Crippen LogP contribution is 2.35. The van der Waals surface area contributed by atoms with Crippen molar-refractivity contribution in [2.75, 3.05) is 32.1 Å². The molecule has 33 heavy (non-hydrogen) atoms. The number of hydrogen-bond acceptors (Lipinski definition) is 8. The number of hydrogen-bond donors (Lipinski definition) is 1. The van der Waals surface area contributed by atoms with Gasteiger partial charge in [0.1, 0.15) is 24.7 Å². The molecule has 9 nitrogen and oxygen atoms in total. The zero-order chi connectivity index (χ0) is 23.0. The van der Waals surface area contributed by atoms with Gasteiger partial charge in [-0.05, 0) is 43.3 Å². The molecule has 0 aliphatic carbocycles. The molecule has 1 aliphatic heterocycles.